The van der Waals surface area contributed by atoms with Crippen molar-refractivity contribution in [2.75, 3.05) is 19.8 Å². The Morgan fingerprint density at radius 2 is 2.43 bits per heavy atom. The van der Waals surface area contributed by atoms with E-state index in [1.165, 1.54) is 12.4 Å². The normalized spacial score (nSPS) is 28.2. The Morgan fingerprint density at radius 3 is 3.19 bits per heavy atom. The molecule has 0 spiro atoms. The summed E-state index contributed by atoms with van der Waals surface area (Å²) in [5, 5.41) is 7.49. The second-order valence-electron chi connectivity index (χ2n) is 5.27. The van der Waals surface area contributed by atoms with Crippen molar-refractivity contribution >= 4 is 5.91 Å². The smallest absolute Gasteiger partial charge is 0.255 e. The number of amides is 1. The predicted molar refractivity (Wildman–Crippen MR) is 75.8 cm³/mol. The Hall–Kier alpha value is -1.79. The minimum absolute atomic E-state index is 0.00688. The molecule has 112 valence electrons. The van der Waals surface area contributed by atoms with Gasteiger partial charge in [-0.3, -0.25) is 4.79 Å². The maximum Gasteiger partial charge on any atom is 0.255 e. The van der Waals surface area contributed by atoms with Crippen LogP contribution in [0.3, 0.4) is 0 Å². The molecule has 0 unspecified atom stereocenters. The molecular weight excluding hydrogens is 270 g/mol. The van der Waals surface area contributed by atoms with E-state index in [9.17, 15) is 4.79 Å². The number of aromatic nitrogens is 2. The number of carbonyl (C=O) groups is 1. The van der Waals surface area contributed by atoms with Crippen molar-refractivity contribution in [1.82, 2.24) is 15.1 Å². The Labute approximate surface area is 123 Å². The van der Waals surface area contributed by atoms with Crippen LogP contribution in [0.5, 0.6) is 0 Å². The number of hydrogen-bond donors (Lipinski definition) is 0. The van der Waals surface area contributed by atoms with Gasteiger partial charge in [0.2, 0.25) is 0 Å². The van der Waals surface area contributed by atoms with Gasteiger partial charge < -0.3 is 14.4 Å². The lowest BCUT2D eigenvalue weighted by Gasteiger charge is -2.39. The molecule has 21 heavy (non-hydrogen) atoms. The van der Waals surface area contributed by atoms with Crippen LogP contribution >= 0.6 is 0 Å². The topological polar surface area (TPSA) is 64.6 Å². The van der Waals surface area contributed by atoms with Crippen molar-refractivity contribution in [3.8, 4) is 0 Å². The molecule has 1 saturated carbocycles. The molecular formula is C15H19N3O3. The molecule has 1 aliphatic heterocycles. The van der Waals surface area contributed by atoms with E-state index < -0.39 is 0 Å². The molecule has 1 saturated heterocycles. The summed E-state index contributed by atoms with van der Waals surface area (Å²) in [7, 11) is 0. The van der Waals surface area contributed by atoms with Crippen LogP contribution in [-0.2, 0) is 9.47 Å². The summed E-state index contributed by atoms with van der Waals surface area (Å²) in [5.41, 5.74) is 0.570. The molecule has 3 rings (SSSR count). The molecule has 1 aromatic heterocycles. The third-order valence-corrected chi connectivity index (χ3v) is 4.06. The standard InChI is InChI=1S/C15H19N3O3/c1-2-8-20-13-4-3-12-14(13)21-9-7-18(12)15(19)11-5-6-16-17-10-11/h2,5-6,10,12-14H,1,3-4,7-9H2/t12-,13-,14-/m1/s1. The third kappa shape index (κ3) is 2.82. The summed E-state index contributed by atoms with van der Waals surface area (Å²) in [6.07, 6.45) is 6.58. The molecule has 0 bridgehead atoms. The number of fused-ring (bicyclic) bond motifs is 1. The van der Waals surface area contributed by atoms with Gasteiger partial charge in [-0.05, 0) is 18.9 Å². The second-order valence-corrected chi connectivity index (χ2v) is 5.27. The summed E-state index contributed by atoms with van der Waals surface area (Å²) in [4.78, 5) is 14.5. The monoisotopic (exact) mass is 289 g/mol. The van der Waals surface area contributed by atoms with E-state index in [4.69, 9.17) is 9.47 Å². The zero-order chi connectivity index (χ0) is 14.7. The van der Waals surface area contributed by atoms with E-state index in [1.807, 2.05) is 4.90 Å². The fourth-order valence-corrected chi connectivity index (χ4v) is 3.12. The summed E-state index contributed by atoms with van der Waals surface area (Å²) >= 11 is 0. The quantitative estimate of drug-likeness (QED) is 0.775. The van der Waals surface area contributed by atoms with Crippen molar-refractivity contribution in [2.24, 2.45) is 0 Å². The van der Waals surface area contributed by atoms with Crippen LogP contribution in [0, 0.1) is 0 Å². The Bertz CT molecular complexity index is 508. The zero-order valence-corrected chi connectivity index (χ0v) is 11.9. The number of carbonyl (C=O) groups excluding carboxylic acids is 1. The van der Waals surface area contributed by atoms with Gasteiger partial charge in [-0.2, -0.15) is 10.2 Å². The molecule has 2 aliphatic rings. The zero-order valence-electron chi connectivity index (χ0n) is 11.9. The average Bonchev–Trinajstić information content (AvgIpc) is 2.96. The number of hydrogen-bond acceptors (Lipinski definition) is 5. The highest BCUT2D eigenvalue weighted by atomic mass is 16.5. The number of ether oxygens (including phenoxy) is 2. The van der Waals surface area contributed by atoms with Gasteiger partial charge in [-0.1, -0.05) is 6.08 Å². The summed E-state index contributed by atoms with van der Waals surface area (Å²) < 4.78 is 11.6. The van der Waals surface area contributed by atoms with Crippen LogP contribution in [0.15, 0.2) is 31.1 Å². The van der Waals surface area contributed by atoms with Crippen LogP contribution in [0.25, 0.3) is 0 Å². The lowest BCUT2D eigenvalue weighted by Crippen LogP contribution is -2.53. The highest BCUT2D eigenvalue weighted by molar-refractivity contribution is 5.94. The largest absolute Gasteiger partial charge is 0.372 e. The number of rotatable bonds is 4. The molecule has 3 atom stereocenters. The first kappa shape index (κ1) is 14.2. The van der Waals surface area contributed by atoms with Gasteiger partial charge in [0.1, 0.15) is 6.10 Å². The Kier molecular flexibility index (Phi) is 4.26. The first-order valence-electron chi connectivity index (χ1n) is 7.23. The van der Waals surface area contributed by atoms with Crippen LogP contribution in [0.4, 0.5) is 0 Å². The fourth-order valence-electron chi connectivity index (χ4n) is 3.12. The molecule has 6 heteroatoms. The third-order valence-electron chi connectivity index (χ3n) is 4.06. The minimum atomic E-state index is -0.0440. The molecule has 1 aliphatic carbocycles. The van der Waals surface area contributed by atoms with Crippen LogP contribution < -0.4 is 0 Å². The minimum Gasteiger partial charge on any atom is -0.372 e. The summed E-state index contributed by atoms with van der Waals surface area (Å²) in [6.45, 7) is 5.33. The maximum absolute atomic E-state index is 12.6. The van der Waals surface area contributed by atoms with E-state index in [2.05, 4.69) is 16.8 Å². The van der Waals surface area contributed by atoms with Gasteiger partial charge in [0, 0.05) is 6.54 Å². The van der Waals surface area contributed by atoms with E-state index in [1.54, 1.807) is 12.1 Å². The van der Waals surface area contributed by atoms with Crippen molar-refractivity contribution in [3.05, 3.63) is 36.7 Å². The number of morpholine rings is 1. The van der Waals surface area contributed by atoms with E-state index in [0.29, 0.717) is 25.3 Å². The Balaban J connectivity index is 1.73. The highest BCUT2D eigenvalue weighted by Gasteiger charge is 2.45. The first-order valence-corrected chi connectivity index (χ1v) is 7.23. The maximum atomic E-state index is 12.6. The number of nitrogens with zero attached hydrogens (tertiary/aromatic N) is 3. The molecule has 0 aromatic carbocycles. The summed E-state index contributed by atoms with van der Waals surface area (Å²) in [5.74, 6) is -0.00688. The van der Waals surface area contributed by atoms with E-state index in [0.717, 1.165) is 12.8 Å². The van der Waals surface area contributed by atoms with Gasteiger partial charge in [0.25, 0.3) is 5.91 Å². The van der Waals surface area contributed by atoms with Gasteiger partial charge in [0.05, 0.1) is 43.3 Å². The average molecular weight is 289 g/mol. The fraction of sp³-hybridized carbons (Fsp3) is 0.533. The molecule has 1 amide bonds. The van der Waals surface area contributed by atoms with Gasteiger partial charge in [-0.25, -0.2) is 0 Å². The molecule has 0 radical (unpaired) electrons. The van der Waals surface area contributed by atoms with Crippen LogP contribution in [0.1, 0.15) is 23.2 Å². The van der Waals surface area contributed by atoms with Gasteiger partial charge in [-0.15, -0.1) is 6.58 Å². The lowest BCUT2D eigenvalue weighted by molar-refractivity contribution is -0.100. The van der Waals surface area contributed by atoms with Crippen molar-refractivity contribution in [3.63, 3.8) is 0 Å². The molecule has 0 N–H and O–H groups in total. The molecule has 2 heterocycles. The molecule has 6 nitrogen and oxygen atoms in total. The Morgan fingerprint density at radius 1 is 1.52 bits per heavy atom. The SMILES string of the molecule is C=CCO[C@@H]1CC[C@@H]2[C@H]1OCCN2C(=O)c1ccnnc1. The van der Waals surface area contributed by atoms with Gasteiger partial charge in [0.15, 0.2) is 0 Å². The molecule has 1 aromatic rings. The van der Waals surface area contributed by atoms with Crippen molar-refractivity contribution in [2.45, 2.75) is 31.1 Å². The van der Waals surface area contributed by atoms with Crippen molar-refractivity contribution < 1.29 is 14.3 Å². The highest BCUT2D eigenvalue weighted by Crippen LogP contribution is 2.32. The predicted octanol–water partition coefficient (Wildman–Crippen LogP) is 1.05. The summed E-state index contributed by atoms with van der Waals surface area (Å²) in [6, 6.07) is 1.77. The first-order chi connectivity index (χ1) is 10.3. The van der Waals surface area contributed by atoms with E-state index in [-0.39, 0.29) is 24.2 Å². The van der Waals surface area contributed by atoms with Crippen molar-refractivity contribution in [1.29, 1.82) is 0 Å². The van der Waals surface area contributed by atoms with Gasteiger partial charge >= 0.3 is 0 Å². The van der Waals surface area contributed by atoms with E-state index >= 15 is 0 Å². The lowest BCUT2D eigenvalue weighted by atomic mass is 10.1. The van der Waals surface area contributed by atoms with Crippen LogP contribution in [0.2, 0.25) is 0 Å². The molecule has 2 fully saturated rings. The second kappa shape index (κ2) is 6.32. The van der Waals surface area contributed by atoms with Crippen LogP contribution in [-0.4, -0.2) is 59.0 Å².